The maximum Gasteiger partial charge on any atom is 0.193 e. The van der Waals surface area contributed by atoms with Gasteiger partial charge < -0.3 is 4.74 Å². The number of benzene rings is 2. The largest absolute Gasteiger partial charge is 0.494 e. The van der Waals surface area contributed by atoms with E-state index in [1.165, 1.54) is 5.56 Å². The molecule has 2 aromatic rings. The van der Waals surface area contributed by atoms with E-state index in [0.717, 1.165) is 30.6 Å². The third-order valence-electron chi connectivity index (χ3n) is 3.32. The van der Waals surface area contributed by atoms with Crippen molar-refractivity contribution < 1.29 is 9.53 Å². The average Bonchev–Trinajstić information content (AvgIpc) is 2.53. The maximum atomic E-state index is 12.5. The predicted molar refractivity (Wildman–Crippen MR) is 86.1 cm³/mol. The number of carbonyl (C=O) groups excluding carboxylic acids is 1. The lowest BCUT2D eigenvalue weighted by molar-refractivity contribution is 0.103. The molecule has 0 aromatic heterocycles. The van der Waals surface area contributed by atoms with Crippen LogP contribution in [0.15, 0.2) is 48.5 Å². The minimum Gasteiger partial charge on any atom is -0.494 e. The highest BCUT2D eigenvalue weighted by atomic mass is 16.5. The lowest BCUT2D eigenvalue weighted by atomic mass is 10.0. The van der Waals surface area contributed by atoms with Crippen molar-refractivity contribution in [3.63, 3.8) is 0 Å². The minimum absolute atomic E-state index is 0.0417. The summed E-state index contributed by atoms with van der Waals surface area (Å²) in [4.78, 5) is 12.5. The fraction of sp³-hybridized carbons (Fsp3) is 0.316. The van der Waals surface area contributed by atoms with Gasteiger partial charge in [0.15, 0.2) is 5.78 Å². The maximum absolute atomic E-state index is 12.5. The Morgan fingerprint density at radius 1 is 0.952 bits per heavy atom. The molecule has 2 aromatic carbocycles. The lowest BCUT2D eigenvalue weighted by Crippen LogP contribution is -2.02. The Hall–Kier alpha value is -2.09. The second-order valence-electron chi connectivity index (χ2n) is 5.15. The number of rotatable bonds is 7. The first-order valence-corrected chi connectivity index (χ1v) is 7.61. The highest BCUT2D eigenvalue weighted by Gasteiger charge is 2.09. The van der Waals surface area contributed by atoms with Crippen LogP contribution in [-0.2, 0) is 6.42 Å². The van der Waals surface area contributed by atoms with Crippen molar-refractivity contribution in [2.45, 2.75) is 33.1 Å². The molecule has 0 atom stereocenters. The van der Waals surface area contributed by atoms with Crippen molar-refractivity contribution in [1.82, 2.24) is 0 Å². The van der Waals surface area contributed by atoms with Crippen LogP contribution in [0.4, 0.5) is 0 Å². The second-order valence-corrected chi connectivity index (χ2v) is 5.15. The SMILES string of the molecule is CCCOc1cccc(C(=O)c2ccc(CCC)cc2)c1. The summed E-state index contributed by atoms with van der Waals surface area (Å²) in [5.74, 6) is 0.797. The van der Waals surface area contributed by atoms with Gasteiger partial charge in [0.2, 0.25) is 0 Å². The molecule has 110 valence electrons. The predicted octanol–water partition coefficient (Wildman–Crippen LogP) is 4.66. The number of ether oxygens (including phenoxy) is 1. The van der Waals surface area contributed by atoms with Crippen molar-refractivity contribution >= 4 is 5.78 Å². The molecular formula is C19H22O2. The first kappa shape index (κ1) is 15.3. The molecule has 21 heavy (non-hydrogen) atoms. The fourth-order valence-electron chi connectivity index (χ4n) is 2.23. The summed E-state index contributed by atoms with van der Waals surface area (Å²) in [7, 11) is 0. The highest BCUT2D eigenvalue weighted by Crippen LogP contribution is 2.17. The van der Waals surface area contributed by atoms with Gasteiger partial charge in [-0.3, -0.25) is 4.79 Å². The van der Waals surface area contributed by atoms with Crippen molar-refractivity contribution in [2.24, 2.45) is 0 Å². The van der Waals surface area contributed by atoms with Crippen molar-refractivity contribution in [3.8, 4) is 5.75 Å². The van der Waals surface area contributed by atoms with Gasteiger partial charge >= 0.3 is 0 Å². The summed E-state index contributed by atoms with van der Waals surface area (Å²) in [6, 6.07) is 15.3. The number of ketones is 1. The van der Waals surface area contributed by atoms with Gasteiger partial charge in [0, 0.05) is 11.1 Å². The first-order valence-electron chi connectivity index (χ1n) is 7.61. The molecule has 2 nitrogen and oxygen atoms in total. The van der Waals surface area contributed by atoms with E-state index >= 15 is 0 Å². The van der Waals surface area contributed by atoms with E-state index in [9.17, 15) is 4.79 Å². The smallest absolute Gasteiger partial charge is 0.193 e. The summed E-state index contributed by atoms with van der Waals surface area (Å²) in [5.41, 5.74) is 2.67. The van der Waals surface area contributed by atoms with E-state index in [1.807, 2.05) is 48.5 Å². The first-order chi connectivity index (χ1) is 10.2. The molecule has 0 unspecified atom stereocenters. The summed E-state index contributed by atoms with van der Waals surface area (Å²) in [5, 5.41) is 0. The third-order valence-corrected chi connectivity index (χ3v) is 3.32. The Kier molecular flexibility index (Phi) is 5.56. The molecular weight excluding hydrogens is 260 g/mol. The van der Waals surface area contributed by atoms with Gasteiger partial charge in [0.1, 0.15) is 5.75 Å². The van der Waals surface area contributed by atoms with Crippen LogP contribution >= 0.6 is 0 Å². The second kappa shape index (κ2) is 7.63. The zero-order valence-corrected chi connectivity index (χ0v) is 12.8. The van der Waals surface area contributed by atoms with Crippen LogP contribution in [0.2, 0.25) is 0 Å². The molecule has 0 fully saturated rings. The van der Waals surface area contributed by atoms with Crippen molar-refractivity contribution in [3.05, 3.63) is 65.2 Å². The van der Waals surface area contributed by atoms with E-state index in [4.69, 9.17) is 4.74 Å². The van der Waals surface area contributed by atoms with Gasteiger partial charge in [-0.25, -0.2) is 0 Å². The number of carbonyl (C=O) groups is 1. The van der Waals surface area contributed by atoms with Crippen molar-refractivity contribution in [1.29, 1.82) is 0 Å². The quantitative estimate of drug-likeness (QED) is 0.690. The van der Waals surface area contributed by atoms with Crippen molar-refractivity contribution in [2.75, 3.05) is 6.61 Å². The fourth-order valence-corrected chi connectivity index (χ4v) is 2.23. The lowest BCUT2D eigenvalue weighted by Gasteiger charge is -2.07. The normalized spacial score (nSPS) is 10.4. The molecule has 0 aliphatic rings. The molecule has 0 aliphatic heterocycles. The Bertz CT molecular complexity index is 585. The van der Waals surface area contributed by atoms with Crippen LogP contribution in [-0.4, -0.2) is 12.4 Å². The zero-order valence-electron chi connectivity index (χ0n) is 12.8. The molecule has 0 saturated heterocycles. The van der Waals surface area contributed by atoms with E-state index in [1.54, 1.807) is 0 Å². The van der Waals surface area contributed by atoms with Crippen LogP contribution in [0.5, 0.6) is 5.75 Å². The molecule has 0 radical (unpaired) electrons. The monoisotopic (exact) mass is 282 g/mol. The molecule has 0 N–H and O–H groups in total. The van der Waals surface area contributed by atoms with Gasteiger partial charge in [0.05, 0.1) is 6.61 Å². The average molecular weight is 282 g/mol. The Balaban J connectivity index is 2.15. The molecule has 0 saturated carbocycles. The van der Waals surface area contributed by atoms with Gasteiger partial charge in [-0.2, -0.15) is 0 Å². The molecule has 0 spiro atoms. The Morgan fingerprint density at radius 2 is 1.71 bits per heavy atom. The zero-order chi connectivity index (χ0) is 15.1. The Labute approximate surface area is 126 Å². The van der Waals surface area contributed by atoms with Gasteiger partial charge in [-0.05, 0) is 30.5 Å². The minimum atomic E-state index is 0.0417. The molecule has 0 aliphatic carbocycles. The number of hydrogen-bond acceptors (Lipinski definition) is 2. The van der Waals surface area contributed by atoms with Gasteiger partial charge in [-0.1, -0.05) is 56.7 Å². The Morgan fingerprint density at radius 3 is 2.38 bits per heavy atom. The van der Waals surface area contributed by atoms with E-state index in [0.29, 0.717) is 12.2 Å². The third kappa shape index (κ3) is 4.19. The number of aryl methyl sites for hydroxylation is 1. The van der Waals surface area contributed by atoms with Crippen LogP contribution in [0, 0.1) is 0 Å². The topological polar surface area (TPSA) is 26.3 Å². The van der Waals surface area contributed by atoms with E-state index < -0.39 is 0 Å². The molecule has 0 heterocycles. The summed E-state index contributed by atoms with van der Waals surface area (Å²) < 4.78 is 5.58. The van der Waals surface area contributed by atoms with Crippen LogP contribution in [0.3, 0.4) is 0 Å². The van der Waals surface area contributed by atoms with E-state index in [2.05, 4.69) is 13.8 Å². The van der Waals surface area contributed by atoms with E-state index in [-0.39, 0.29) is 5.78 Å². The molecule has 2 rings (SSSR count). The van der Waals surface area contributed by atoms with Crippen LogP contribution in [0.1, 0.15) is 48.2 Å². The summed E-state index contributed by atoms with van der Waals surface area (Å²) in [6.45, 7) is 4.89. The summed E-state index contributed by atoms with van der Waals surface area (Å²) in [6.07, 6.45) is 3.12. The summed E-state index contributed by atoms with van der Waals surface area (Å²) >= 11 is 0. The van der Waals surface area contributed by atoms with Gasteiger partial charge in [0.25, 0.3) is 0 Å². The van der Waals surface area contributed by atoms with Crippen LogP contribution in [0.25, 0.3) is 0 Å². The molecule has 2 heteroatoms. The van der Waals surface area contributed by atoms with Gasteiger partial charge in [-0.15, -0.1) is 0 Å². The number of hydrogen-bond donors (Lipinski definition) is 0. The van der Waals surface area contributed by atoms with Crippen LogP contribution < -0.4 is 4.74 Å². The molecule has 0 bridgehead atoms. The standard InChI is InChI=1S/C19H22O2/c1-3-6-15-9-11-16(12-10-15)19(20)17-7-5-8-18(14-17)21-13-4-2/h5,7-12,14H,3-4,6,13H2,1-2H3. The highest BCUT2D eigenvalue weighted by molar-refractivity contribution is 6.09. The molecule has 0 amide bonds.